The van der Waals surface area contributed by atoms with Crippen LogP contribution in [0.25, 0.3) is 22.3 Å². The number of methoxy groups -OCH3 is 1. The van der Waals surface area contributed by atoms with Gasteiger partial charge < -0.3 is 14.6 Å². The van der Waals surface area contributed by atoms with Crippen LogP contribution in [0.4, 0.5) is 0 Å². The van der Waals surface area contributed by atoms with Gasteiger partial charge in [-0.05, 0) is 67.7 Å². The molecule has 170 valence electrons. The summed E-state index contributed by atoms with van der Waals surface area (Å²) in [5.74, 6) is 2.03. The molecular weight excluding hydrogens is 434 g/mol. The maximum Gasteiger partial charge on any atom is 0.242 e. The Labute approximate surface area is 197 Å². The lowest BCUT2D eigenvalue weighted by atomic mass is 9.89. The van der Waals surface area contributed by atoms with Crippen molar-refractivity contribution in [1.29, 1.82) is 0 Å². The van der Waals surface area contributed by atoms with E-state index in [9.17, 15) is 4.79 Å². The number of likely N-dealkylation sites (tertiary alicyclic amines) is 1. The van der Waals surface area contributed by atoms with Crippen LogP contribution in [0.15, 0.2) is 48.7 Å². The highest BCUT2D eigenvalue weighted by Gasteiger charge is 2.26. The Morgan fingerprint density at radius 3 is 2.79 bits per heavy atom. The molecule has 2 aromatic heterocycles. The largest absolute Gasteiger partial charge is 0.497 e. The molecule has 0 radical (unpaired) electrons. The first kappa shape index (κ1) is 21.5. The topological polar surface area (TPSA) is 78.9 Å². The summed E-state index contributed by atoms with van der Waals surface area (Å²) in [6, 6.07) is 14.2. The molecular formula is C25H27N5O2S. The summed E-state index contributed by atoms with van der Waals surface area (Å²) in [6.07, 6.45) is 3.96. The second kappa shape index (κ2) is 8.86. The lowest BCUT2D eigenvalue weighted by Crippen LogP contribution is -2.39. The minimum absolute atomic E-state index is 0.0699. The van der Waals surface area contributed by atoms with Crippen molar-refractivity contribution >= 4 is 29.0 Å². The number of aromatic amines is 2. The Morgan fingerprint density at radius 2 is 2.03 bits per heavy atom. The van der Waals surface area contributed by atoms with Crippen LogP contribution in [0.1, 0.15) is 29.9 Å². The molecule has 0 saturated carbocycles. The third-order valence-corrected chi connectivity index (χ3v) is 6.85. The number of benzene rings is 2. The molecule has 0 unspecified atom stereocenters. The van der Waals surface area contributed by atoms with E-state index < -0.39 is 0 Å². The number of hydrogen-bond donors (Lipinski definition) is 2. The lowest BCUT2D eigenvalue weighted by Gasteiger charge is -2.32. The van der Waals surface area contributed by atoms with Crippen LogP contribution in [0.2, 0.25) is 0 Å². The Morgan fingerprint density at radius 1 is 1.21 bits per heavy atom. The Kier molecular flexibility index (Phi) is 5.76. The third-order valence-electron chi connectivity index (χ3n) is 6.54. The molecule has 1 aliphatic heterocycles. The minimum atomic E-state index is 0.0699. The summed E-state index contributed by atoms with van der Waals surface area (Å²) >= 11 is 5.42. The van der Waals surface area contributed by atoms with Crippen molar-refractivity contribution in [1.82, 2.24) is 24.6 Å². The van der Waals surface area contributed by atoms with Crippen molar-refractivity contribution in [2.24, 2.45) is 0 Å². The van der Waals surface area contributed by atoms with Gasteiger partial charge in [-0.15, -0.1) is 0 Å². The van der Waals surface area contributed by atoms with E-state index in [-0.39, 0.29) is 12.5 Å². The van der Waals surface area contributed by atoms with E-state index in [1.54, 1.807) is 11.7 Å². The van der Waals surface area contributed by atoms with Gasteiger partial charge in [0, 0.05) is 35.8 Å². The number of H-pyrrole nitrogens is 2. The SMILES string of the molecule is COc1ccc2[nH]cc(C3CCN(C(=O)Cn4c(-c5cccc(C)c5)n[nH]c4=S)CC3)c2c1. The van der Waals surface area contributed by atoms with Crippen LogP contribution < -0.4 is 4.74 Å². The molecule has 8 heteroatoms. The van der Waals surface area contributed by atoms with Crippen molar-refractivity contribution in [3.8, 4) is 17.1 Å². The summed E-state index contributed by atoms with van der Waals surface area (Å²) in [5, 5.41) is 8.42. The van der Waals surface area contributed by atoms with Crippen LogP contribution in [0, 0.1) is 11.7 Å². The van der Waals surface area contributed by atoms with Crippen LogP contribution in [0.5, 0.6) is 5.75 Å². The second-order valence-corrected chi connectivity index (χ2v) is 9.01. The summed E-state index contributed by atoms with van der Waals surface area (Å²) in [4.78, 5) is 18.5. The molecule has 7 nitrogen and oxygen atoms in total. The summed E-state index contributed by atoms with van der Waals surface area (Å²) in [7, 11) is 1.69. The number of fused-ring (bicyclic) bond motifs is 1. The standard InChI is InChI=1S/C25H27N5O2S/c1-16-4-3-5-18(12-16)24-27-28-25(33)30(24)15-23(31)29-10-8-17(9-11-29)21-14-26-22-7-6-19(32-2)13-20(21)22/h3-7,12-14,17,26H,8-11,15H2,1-2H3,(H,28,33). The first-order chi connectivity index (χ1) is 16.0. The minimum Gasteiger partial charge on any atom is -0.497 e. The number of aryl methyl sites for hydroxylation is 1. The van der Waals surface area contributed by atoms with Gasteiger partial charge in [0.1, 0.15) is 12.3 Å². The maximum atomic E-state index is 13.2. The van der Waals surface area contributed by atoms with E-state index in [1.165, 1.54) is 10.9 Å². The zero-order chi connectivity index (χ0) is 22.9. The average molecular weight is 462 g/mol. The van der Waals surface area contributed by atoms with E-state index in [2.05, 4.69) is 33.5 Å². The smallest absolute Gasteiger partial charge is 0.242 e. The first-order valence-electron chi connectivity index (χ1n) is 11.2. The van der Waals surface area contributed by atoms with E-state index in [4.69, 9.17) is 17.0 Å². The van der Waals surface area contributed by atoms with Gasteiger partial charge in [0.05, 0.1) is 7.11 Å². The third kappa shape index (κ3) is 4.18. The molecule has 5 rings (SSSR count). The Bertz CT molecular complexity index is 1360. The molecule has 2 aromatic carbocycles. The van der Waals surface area contributed by atoms with Crippen LogP contribution in [-0.4, -0.2) is 50.8 Å². The lowest BCUT2D eigenvalue weighted by molar-refractivity contribution is -0.132. The zero-order valence-electron chi connectivity index (χ0n) is 18.8. The molecule has 3 heterocycles. The van der Waals surface area contributed by atoms with Gasteiger partial charge in [0.2, 0.25) is 5.91 Å². The van der Waals surface area contributed by atoms with Gasteiger partial charge in [-0.2, -0.15) is 5.10 Å². The number of carbonyl (C=O) groups excluding carboxylic acids is 1. The highest BCUT2D eigenvalue weighted by Crippen LogP contribution is 2.34. The van der Waals surface area contributed by atoms with Crippen LogP contribution in [0.3, 0.4) is 0 Å². The monoisotopic (exact) mass is 461 g/mol. The molecule has 1 fully saturated rings. The maximum absolute atomic E-state index is 13.2. The Hall–Kier alpha value is -3.39. The highest BCUT2D eigenvalue weighted by molar-refractivity contribution is 7.71. The number of rotatable bonds is 5. The van der Waals surface area contributed by atoms with Gasteiger partial charge >= 0.3 is 0 Å². The number of amides is 1. The van der Waals surface area contributed by atoms with Crippen LogP contribution in [-0.2, 0) is 11.3 Å². The molecule has 4 aromatic rings. The van der Waals surface area contributed by atoms with E-state index >= 15 is 0 Å². The number of nitrogens with one attached hydrogen (secondary N) is 2. The van der Waals surface area contributed by atoms with E-state index in [0.29, 0.717) is 16.5 Å². The number of aromatic nitrogens is 4. The summed E-state index contributed by atoms with van der Waals surface area (Å²) < 4.78 is 7.66. The summed E-state index contributed by atoms with van der Waals surface area (Å²) in [5.41, 5.74) is 4.50. The fourth-order valence-corrected chi connectivity index (χ4v) is 4.93. The van der Waals surface area contributed by atoms with Gasteiger partial charge in [-0.3, -0.25) is 14.5 Å². The normalized spacial score (nSPS) is 14.7. The van der Waals surface area contributed by atoms with Gasteiger partial charge in [-0.25, -0.2) is 0 Å². The van der Waals surface area contributed by atoms with Crippen molar-refractivity contribution in [3.63, 3.8) is 0 Å². The fraction of sp³-hybridized carbons (Fsp3) is 0.320. The fourth-order valence-electron chi connectivity index (χ4n) is 4.73. The van der Waals surface area contributed by atoms with E-state index in [1.807, 2.05) is 42.2 Å². The molecule has 1 amide bonds. The molecule has 0 bridgehead atoms. The zero-order valence-corrected chi connectivity index (χ0v) is 19.6. The van der Waals surface area contributed by atoms with Crippen molar-refractivity contribution in [2.45, 2.75) is 32.2 Å². The molecule has 0 spiro atoms. The average Bonchev–Trinajstić information content (AvgIpc) is 3.42. The second-order valence-electron chi connectivity index (χ2n) is 8.62. The molecule has 2 N–H and O–H groups in total. The van der Waals surface area contributed by atoms with Gasteiger partial charge in [-0.1, -0.05) is 23.8 Å². The molecule has 1 aliphatic rings. The van der Waals surface area contributed by atoms with Crippen molar-refractivity contribution in [2.75, 3.05) is 20.2 Å². The number of nitrogens with zero attached hydrogens (tertiary/aromatic N) is 3. The van der Waals surface area contributed by atoms with Crippen LogP contribution >= 0.6 is 12.2 Å². The molecule has 33 heavy (non-hydrogen) atoms. The van der Waals surface area contributed by atoms with Gasteiger partial charge in [0.15, 0.2) is 10.6 Å². The first-order valence-corrected chi connectivity index (χ1v) is 11.6. The van der Waals surface area contributed by atoms with Gasteiger partial charge in [0.25, 0.3) is 0 Å². The number of ether oxygens (including phenoxy) is 1. The molecule has 0 atom stereocenters. The predicted octanol–water partition coefficient (Wildman–Crippen LogP) is 4.81. The quantitative estimate of drug-likeness (QED) is 0.418. The number of piperidine rings is 1. The number of carbonyl (C=O) groups is 1. The highest BCUT2D eigenvalue weighted by atomic mass is 32.1. The Balaban J connectivity index is 1.29. The summed E-state index contributed by atoms with van der Waals surface area (Å²) in [6.45, 7) is 3.68. The van der Waals surface area contributed by atoms with E-state index in [0.717, 1.165) is 48.3 Å². The molecule has 0 aliphatic carbocycles. The predicted molar refractivity (Wildman–Crippen MR) is 131 cm³/mol. The molecule has 1 saturated heterocycles. The van der Waals surface area contributed by atoms with Crippen molar-refractivity contribution < 1.29 is 9.53 Å². The number of hydrogen-bond acceptors (Lipinski definition) is 4. The van der Waals surface area contributed by atoms with Crippen molar-refractivity contribution in [3.05, 3.63) is 64.6 Å².